The molecule has 0 aromatic heterocycles. The van der Waals surface area contributed by atoms with Crippen LogP contribution >= 0.6 is 0 Å². The third-order valence-corrected chi connectivity index (χ3v) is 9.05. The highest BCUT2D eigenvalue weighted by Gasteiger charge is 2.76. The fourth-order valence-corrected chi connectivity index (χ4v) is 7.68. The number of aliphatic hydroxyl groups is 1. The molecule has 0 heterocycles. The van der Waals surface area contributed by atoms with Gasteiger partial charge in [0.2, 0.25) is 0 Å². The minimum Gasteiger partial charge on any atom is -0.507 e. The zero-order valence-corrected chi connectivity index (χ0v) is 22.3. The number of phenols is 1. The van der Waals surface area contributed by atoms with E-state index in [4.69, 9.17) is 0 Å². The van der Waals surface area contributed by atoms with Crippen molar-refractivity contribution in [3.8, 4) is 5.75 Å². The summed E-state index contributed by atoms with van der Waals surface area (Å²) >= 11 is 0. The highest BCUT2D eigenvalue weighted by atomic mass is 16.3. The molecule has 2 fully saturated rings. The molecular weight excluding hydrogens is 476 g/mol. The van der Waals surface area contributed by atoms with Gasteiger partial charge in [0.1, 0.15) is 17.5 Å². The second kappa shape index (κ2) is 8.25. The minimum atomic E-state index is -2.73. The summed E-state index contributed by atoms with van der Waals surface area (Å²) in [6, 6.07) is 2.71. The number of benzene rings is 1. The van der Waals surface area contributed by atoms with Crippen LogP contribution in [0.15, 0.2) is 12.1 Å². The Labute approximate surface area is 215 Å². The molecule has 198 valence electrons. The molecule has 37 heavy (non-hydrogen) atoms. The third-order valence-electron chi connectivity index (χ3n) is 9.05. The van der Waals surface area contributed by atoms with Crippen molar-refractivity contribution in [3.63, 3.8) is 0 Å². The average molecular weight is 511 g/mol. The third kappa shape index (κ3) is 3.30. The first-order valence-electron chi connectivity index (χ1n) is 12.7. The Morgan fingerprint density at radius 3 is 2.11 bits per heavy atom. The Morgan fingerprint density at radius 1 is 1.00 bits per heavy atom. The summed E-state index contributed by atoms with van der Waals surface area (Å²) in [5, 5.41) is 22.6. The number of carbonyl (C=O) groups excluding carboxylic acids is 6. The smallest absolute Gasteiger partial charge is 0.190 e. The van der Waals surface area contributed by atoms with Gasteiger partial charge < -0.3 is 10.2 Å². The van der Waals surface area contributed by atoms with Gasteiger partial charge in [0, 0.05) is 22.8 Å². The zero-order chi connectivity index (χ0) is 28.0. The monoisotopic (exact) mass is 510 g/mol. The standard InChI is InChI=1S/C29H34O8/c1-12(2)20-23(33)18(14(5)30)25(35)29(37)26(36)21-24(34)19-16(10-27(21,6)11-28(20,29)7)15(8-9-17(19)31)22(32)13(3)4/h8-9,12-13,18,20-21,31,37H,10-11H2,1-7H3/t18?,20?,21?,27-,28-,29+/m1/s1. The van der Waals surface area contributed by atoms with Crippen LogP contribution in [0, 0.1) is 40.4 Å². The molecule has 3 aliphatic carbocycles. The summed E-state index contributed by atoms with van der Waals surface area (Å²) in [6.07, 6.45) is 0.00960. The van der Waals surface area contributed by atoms with Crippen molar-refractivity contribution in [1.29, 1.82) is 0 Å². The number of phenolic OH excluding ortho intramolecular Hbond substituents is 1. The Kier molecular flexibility index (Phi) is 6.03. The summed E-state index contributed by atoms with van der Waals surface area (Å²) < 4.78 is 0. The molecule has 0 spiro atoms. The molecule has 6 atom stereocenters. The van der Waals surface area contributed by atoms with Gasteiger partial charge in [-0.1, -0.05) is 41.5 Å². The molecule has 0 amide bonds. The van der Waals surface area contributed by atoms with E-state index in [2.05, 4.69) is 0 Å². The van der Waals surface area contributed by atoms with Crippen LogP contribution in [0.4, 0.5) is 0 Å². The minimum absolute atomic E-state index is 0.0476. The van der Waals surface area contributed by atoms with Crippen LogP contribution in [-0.2, 0) is 25.6 Å². The van der Waals surface area contributed by atoms with Crippen molar-refractivity contribution in [2.45, 2.75) is 66.9 Å². The molecule has 0 saturated heterocycles. The molecule has 8 heteroatoms. The predicted octanol–water partition coefficient (Wildman–Crippen LogP) is 2.93. The average Bonchev–Trinajstić information content (AvgIpc) is 2.75. The lowest BCUT2D eigenvalue weighted by atomic mass is 9.40. The van der Waals surface area contributed by atoms with E-state index in [-0.39, 0.29) is 41.4 Å². The number of ketones is 6. The Hall–Kier alpha value is -3.00. The van der Waals surface area contributed by atoms with E-state index in [0.717, 1.165) is 6.92 Å². The van der Waals surface area contributed by atoms with Gasteiger partial charge in [0.05, 0.1) is 11.5 Å². The van der Waals surface area contributed by atoms with Crippen LogP contribution in [0.25, 0.3) is 0 Å². The number of fused-ring (bicyclic) bond motifs is 3. The van der Waals surface area contributed by atoms with Gasteiger partial charge in [-0.05, 0) is 48.8 Å². The van der Waals surface area contributed by atoms with Crippen LogP contribution in [0.3, 0.4) is 0 Å². The predicted molar refractivity (Wildman–Crippen MR) is 132 cm³/mol. The van der Waals surface area contributed by atoms with Crippen molar-refractivity contribution in [1.82, 2.24) is 0 Å². The molecule has 0 radical (unpaired) electrons. The zero-order valence-electron chi connectivity index (χ0n) is 22.3. The molecule has 2 N–H and O–H groups in total. The number of Topliss-reactive ketones (excluding diaryl/α,β-unsaturated/α-hetero) is 6. The van der Waals surface area contributed by atoms with Gasteiger partial charge in [0.15, 0.2) is 34.5 Å². The summed E-state index contributed by atoms with van der Waals surface area (Å²) in [6.45, 7) is 11.2. The van der Waals surface area contributed by atoms with Gasteiger partial charge >= 0.3 is 0 Å². The maximum atomic E-state index is 14.2. The van der Waals surface area contributed by atoms with Crippen LogP contribution in [0.5, 0.6) is 5.75 Å². The van der Waals surface area contributed by atoms with E-state index in [1.807, 2.05) is 0 Å². The van der Waals surface area contributed by atoms with Crippen LogP contribution in [-0.4, -0.2) is 50.5 Å². The van der Waals surface area contributed by atoms with E-state index < -0.39 is 69.0 Å². The first-order valence-corrected chi connectivity index (χ1v) is 12.7. The van der Waals surface area contributed by atoms with Gasteiger partial charge in [0.25, 0.3) is 0 Å². The molecule has 2 saturated carbocycles. The van der Waals surface area contributed by atoms with Gasteiger partial charge in [-0.25, -0.2) is 0 Å². The molecule has 3 aliphatic rings. The Bertz CT molecular complexity index is 1290. The second-order valence-corrected chi connectivity index (χ2v) is 12.3. The van der Waals surface area contributed by atoms with E-state index in [1.54, 1.807) is 34.6 Å². The topological polar surface area (TPSA) is 143 Å². The van der Waals surface area contributed by atoms with Crippen LogP contribution in [0.1, 0.15) is 81.2 Å². The quantitative estimate of drug-likeness (QED) is 0.465. The van der Waals surface area contributed by atoms with Crippen LogP contribution < -0.4 is 0 Å². The fourth-order valence-electron chi connectivity index (χ4n) is 7.68. The van der Waals surface area contributed by atoms with E-state index in [1.165, 1.54) is 19.1 Å². The highest BCUT2D eigenvalue weighted by Crippen LogP contribution is 2.63. The number of hydrogen-bond donors (Lipinski definition) is 2. The maximum Gasteiger partial charge on any atom is 0.190 e. The lowest BCUT2D eigenvalue weighted by Crippen LogP contribution is -2.76. The van der Waals surface area contributed by atoms with Crippen molar-refractivity contribution < 1.29 is 39.0 Å². The molecule has 1 aromatic rings. The molecule has 1 aromatic carbocycles. The maximum absolute atomic E-state index is 14.2. The van der Waals surface area contributed by atoms with Crippen molar-refractivity contribution in [2.24, 2.45) is 40.4 Å². The summed E-state index contributed by atoms with van der Waals surface area (Å²) in [7, 11) is 0. The van der Waals surface area contributed by atoms with Gasteiger partial charge in [-0.15, -0.1) is 0 Å². The SMILES string of the molecule is CC(=O)C1C(=O)C(C(C)C)[C@@]2(C)C[C@@]3(C)Cc4c(C(=O)C(C)C)ccc(O)c4C(=O)C3C(=O)[C@@]2(O)C1=O. The number of rotatable bonds is 4. The molecule has 8 nitrogen and oxygen atoms in total. The molecule has 0 aliphatic heterocycles. The van der Waals surface area contributed by atoms with E-state index in [9.17, 15) is 39.0 Å². The van der Waals surface area contributed by atoms with Crippen molar-refractivity contribution in [3.05, 3.63) is 28.8 Å². The lowest BCUT2D eigenvalue weighted by Gasteiger charge is -2.61. The summed E-state index contributed by atoms with van der Waals surface area (Å²) in [5.41, 5.74) is -5.01. The first-order chi connectivity index (χ1) is 17.0. The normalized spacial score (nSPS) is 35.4. The molecular formula is C29H34O8. The summed E-state index contributed by atoms with van der Waals surface area (Å²) in [4.78, 5) is 80.6. The Balaban J connectivity index is 1.99. The number of aromatic hydroxyl groups is 1. The van der Waals surface area contributed by atoms with E-state index >= 15 is 0 Å². The largest absolute Gasteiger partial charge is 0.507 e. The van der Waals surface area contributed by atoms with E-state index in [0.29, 0.717) is 5.56 Å². The second-order valence-electron chi connectivity index (χ2n) is 12.3. The molecule has 3 unspecified atom stereocenters. The van der Waals surface area contributed by atoms with Crippen molar-refractivity contribution in [2.75, 3.05) is 0 Å². The molecule has 0 bridgehead atoms. The van der Waals surface area contributed by atoms with Gasteiger partial charge in [-0.2, -0.15) is 0 Å². The Morgan fingerprint density at radius 2 is 1.59 bits per heavy atom. The van der Waals surface area contributed by atoms with Crippen LogP contribution in [0.2, 0.25) is 0 Å². The van der Waals surface area contributed by atoms with Crippen molar-refractivity contribution >= 4 is 34.7 Å². The van der Waals surface area contributed by atoms with Gasteiger partial charge in [-0.3, -0.25) is 28.8 Å². The fraction of sp³-hybridized carbons (Fsp3) is 0.586. The number of carbonyl (C=O) groups is 6. The lowest BCUT2D eigenvalue weighted by molar-refractivity contribution is -0.205. The number of hydrogen-bond acceptors (Lipinski definition) is 8. The highest BCUT2D eigenvalue weighted by molar-refractivity contribution is 6.32. The first kappa shape index (κ1) is 27.0. The molecule has 4 rings (SSSR count). The summed E-state index contributed by atoms with van der Waals surface area (Å²) in [5.74, 6) is -10.1.